The molecule has 0 aliphatic carbocycles. The molecular formula is C28H48F2N6O2. The summed E-state index contributed by atoms with van der Waals surface area (Å²) in [6, 6.07) is 0.722. The molecule has 8 nitrogen and oxygen atoms in total. The van der Waals surface area contributed by atoms with E-state index in [0.29, 0.717) is 23.8 Å². The van der Waals surface area contributed by atoms with Crippen molar-refractivity contribution in [3.05, 3.63) is 17.7 Å². The molecule has 0 spiro atoms. The standard InChI is InChI=1S/C28H48F2N6O2/c1-4-5-13-36-17-9-22(10-18-36)34-27(33-12-11-28(29,30)31)23-20-25(37-3)26(21-24(23)32-2)38-19-8-16-35-14-6-7-15-35/h20-22,27,33-34H,2,4-19,31H2,1,3H3. The Balaban J connectivity index is 1.69. The third-order valence-corrected chi connectivity index (χ3v) is 7.49. The second-order valence-corrected chi connectivity index (χ2v) is 10.5. The molecule has 1 atom stereocenters. The van der Waals surface area contributed by atoms with E-state index in [1.807, 2.05) is 12.1 Å². The summed E-state index contributed by atoms with van der Waals surface area (Å²) in [5.41, 5.74) is 6.37. The molecule has 2 heterocycles. The van der Waals surface area contributed by atoms with Crippen LogP contribution in [0.4, 0.5) is 14.5 Å². The zero-order valence-corrected chi connectivity index (χ0v) is 23.3. The van der Waals surface area contributed by atoms with Crippen LogP contribution in [0.1, 0.15) is 70.0 Å². The fraction of sp³-hybridized carbons (Fsp3) is 0.750. The van der Waals surface area contributed by atoms with E-state index < -0.39 is 18.6 Å². The van der Waals surface area contributed by atoms with E-state index in [2.05, 4.69) is 39.1 Å². The number of nitrogens with two attached hydrogens (primary N) is 1. The van der Waals surface area contributed by atoms with Gasteiger partial charge in [-0.05, 0) is 84.0 Å². The Morgan fingerprint density at radius 1 is 1.11 bits per heavy atom. The molecule has 216 valence electrons. The number of unbranched alkanes of at least 4 members (excludes halogenated alkanes) is 1. The van der Waals surface area contributed by atoms with Crippen molar-refractivity contribution < 1.29 is 18.3 Å². The number of nitrogens with zero attached hydrogens (tertiary/aromatic N) is 3. The van der Waals surface area contributed by atoms with E-state index >= 15 is 0 Å². The van der Waals surface area contributed by atoms with Gasteiger partial charge in [-0.2, -0.15) is 8.78 Å². The summed E-state index contributed by atoms with van der Waals surface area (Å²) < 4.78 is 38.5. The number of piperidine rings is 1. The minimum atomic E-state index is -3.23. The minimum Gasteiger partial charge on any atom is -0.493 e. The van der Waals surface area contributed by atoms with E-state index in [-0.39, 0.29) is 12.6 Å². The first-order chi connectivity index (χ1) is 18.3. The average molecular weight is 539 g/mol. The normalized spacial score (nSPS) is 18.6. The molecule has 38 heavy (non-hydrogen) atoms. The molecular weight excluding hydrogens is 490 g/mol. The number of likely N-dealkylation sites (tertiary alicyclic amines) is 2. The van der Waals surface area contributed by atoms with Crippen molar-refractivity contribution in [1.82, 2.24) is 20.4 Å². The first kappa shape index (κ1) is 30.7. The number of hydrogen-bond acceptors (Lipinski definition) is 8. The monoisotopic (exact) mass is 538 g/mol. The Hall–Kier alpha value is -1.85. The van der Waals surface area contributed by atoms with Crippen LogP contribution in [0, 0.1) is 0 Å². The van der Waals surface area contributed by atoms with Gasteiger partial charge in [-0.3, -0.25) is 21.4 Å². The summed E-state index contributed by atoms with van der Waals surface area (Å²) in [5.74, 6) is 1.19. The summed E-state index contributed by atoms with van der Waals surface area (Å²) >= 11 is 0. The van der Waals surface area contributed by atoms with Gasteiger partial charge in [-0.1, -0.05) is 13.3 Å². The lowest BCUT2D eigenvalue weighted by atomic mass is 10.0. The zero-order chi connectivity index (χ0) is 27.4. The van der Waals surface area contributed by atoms with Crippen LogP contribution in [-0.4, -0.2) is 88.1 Å². The predicted octanol–water partition coefficient (Wildman–Crippen LogP) is 4.28. The third-order valence-electron chi connectivity index (χ3n) is 7.49. The molecule has 4 N–H and O–H groups in total. The van der Waals surface area contributed by atoms with Crippen molar-refractivity contribution in [3.8, 4) is 11.5 Å². The van der Waals surface area contributed by atoms with Crippen molar-refractivity contribution in [1.29, 1.82) is 0 Å². The largest absolute Gasteiger partial charge is 0.493 e. The number of alkyl halides is 2. The SMILES string of the molecule is C=Nc1cc(OCCCN2CCCC2)c(OC)cc1C(NCCC(N)(F)F)NC1CCN(CCCC)CC1. The molecule has 0 radical (unpaired) electrons. The molecule has 2 aliphatic rings. The van der Waals surface area contributed by atoms with Gasteiger partial charge in [0.15, 0.2) is 11.5 Å². The van der Waals surface area contributed by atoms with Crippen LogP contribution >= 0.6 is 0 Å². The summed E-state index contributed by atoms with van der Waals surface area (Å²) in [6.07, 6.45) is 6.96. The van der Waals surface area contributed by atoms with Gasteiger partial charge < -0.3 is 19.3 Å². The maximum atomic E-state index is 13.4. The Bertz CT molecular complexity index is 839. The highest BCUT2D eigenvalue weighted by molar-refractivity contribution is 5.61. The molecule has 1 unspecified atom stereocenters. The zero-order valence-electron chi connectivity index (χ0n) is 23.3. The van der Waals surface area contributed by atoms with Crippen LogP contribution < -0.4 is 25.8 Å². The first-order valence-electron chi connectivity index (χ1n) is 14.2. The molecule has 0 aromatic heterocycles. The van der Waals surface area contributed by atoms with Gasteiger partial charge in [0.05, 0.1) is 25.6 Å². The second kappa shape index (κ2) is 15.7. The van der Waals surface area contributed by atoms with Crippen LogP contribution in [-0.2, 0) is 0 Å². The van der Waals surface area contributed by atoms with Gasteiger partial charge in [0.2, 0.25) is 0 Å². The topological polar surface area (TPSA) is 87.4 Å². The molecule has 3 rings (SSSR count). The Kier molecular flexibility index (Phi) is 12.7. The van der Waals surface area contributed by atoms with Gasteiger partial charge in [-0.15, -0.1) is 0 Å². The number of rotatable bonds is 17. The van der Waals surface area contributed by atoms with Gasteiger partial charge in [0.25, 0.3) is 0 Å². The van der Waals surface area contributed by atoms with E-state index in [1.54, 1.807) is 7.11 Å². The van der Waals surface area contributed by atoms with Gasteiger partial charge in [-0.25, -0.2) is 0 Å². The van der Waals surface area contributed by atoms with E-state index in [0.717, 1.165) is 64.1 Å². The summed E-state index contributed by atoms with van der Waals surface area (Å²) in [5, 5.41) is 6.89. The molecule has 2 fully saturated rings. The van der Waals surface area contributed by atoms with Gasteiger partial charge in [0, 0.05) is 37.2 Å². The van der Waals surface area contributed by atoms with Crippen molar-refractivity contribution >= 4 is 12.4 Å². The highest BCUT2D eigenvalue weighted by Crippen LogP contribution is 2.38. The number of methoxy groups -OCH3 is 1. The molecule has 1 aromatic rings. The lowest BCUT2D eigenvalue weighted by Gasteiger charge is -2.35. The maximum Gasteiger partial charge on any atom is 0.301 e. The van der Waals surface area contributed by atoms with Crippen molar-refractivity contribution in [3.63, 3.8) is 0 Å². The Morgan fingerprint density at radius 3 is 2.42 bits per heavy atom. The van der Waals surface area contributed by atoms with E-state index in [4.69, 9.17) is 15.2 Å². The maximum absolute atomic E-state index is 13.4. The van der Waals surface area contributed by atoms with Gasteiger partial charge in [0.1, 0.15) is 0 Å². The van der Waals surface area contributed by atoms with Crippen LogP contribution in [0.3, 0.4) is 0 Å². The van der Waals surface area contributed by atoms with E-state index in [9.17, 15) is 8.78 Å². The lowest BCUT2D eigenvalue weighted by molar-refractivity contribution is -0.00119. The predicted molar refractivity (Wildman–Crippen MR) is 150 cm³/mol. The highest BCUT2D eigenvalue weighted by Gasteiger charge is 2.27. The molecule has 0 saturated carbocycles. The number of aliphatic imine (C=N–C) groups is 1. The Labute approximate surface area is 227 Å². The molecule has 1 aromatic carbocycles. The van der Waals surface area contributed by atoms with Crippen LogP contribution in [0.15, 0.2) is 17.1 Å². The number of halogens is 2. The average Bonchev–Trinajstić information content (AvgIpc) is 3.42. The molecule has 2 saturated heterocycles. The van der Waals surface area contributed by atoms with Crippen molar-refractivity contribution in [2.45, 2.75) is 76.5 Å². The fourth-order valence-electron chi connectivity index (χ4n) is 5.26. The molecule has 0 amide bonds. The lowest BCUT2D eigenvalue weighted by Crippen LogP contribution is -2.47. The summed E-state index contributed by atoms with van der Waals surface area (Å²) in [7, 11) is 1.61. The summed E-state index contributed by atoms with van der Waals surface area (Å²) in [4.78, 5) is 9.21. The van der Waals surface area contributed by atoms with Crippen LogP contribution in [0.2, 0.25) is 0 Å². The third kappa shape index (κ3) is 10.0. The minimum absolute atomic E-state index is 0.0458. The molecule has 0 bridgehead atoms. The van der Waals surface area contributed by atoms with Crippen LogP contribution in [0.5, 0.6) is 11.5 Å². The Morgan fingerprint density at radius 2 is 1.79 bits per heavy atom. The number of nitrogens with one attached hydrogen (secondary N) is 2. The smallest absolute Gasteiger partial charge is 0.301 e. The van der Waals surface area contributed by atoms with Crippen LogP contribution in [0.25, 0.3) is 0 Å². The molecule has 10 heteroatoms. The number of hydrogen-bond donors (Lipinski definition) is 3. The van der Waals surface area contributed by atoms with Crippen molar-refractivity contribution in [2.24, 2.45) is 10.7 Å². The highest BCUT2D eigenvalue weighted by atomic mass is 19.3. The first-order valence-corrected chi connectivity index (χ1v) is 14.2. The molecule has 2 aliphatic heterocycles. The van der Waals surface area contributed by atoms with Crippen molar-refractivity contribution in [2.75, 3.05) is 59.5 Å². The fourth-order valence-corrected chi connectivity index (χ4v) is 5.26. The van der Waals surface area contributed by atoms with Gasteiger partial charge >= 0.3 is 6.05 Å². The number of ether oxygens (including phenoxy) is 2. The summed E-state index contributed by atoms with van der Waals surface area (Å²) in [6.45, 7) is 13.1. The number of benzene rings is 1. The van der Waals surface area contributed by atoms with E-state index in [1.165, 1.54) is 25.7 Å². The quantitative estimate of drug-likeness (QED) is 0.118. The second-order valence-electron chi connectivity index (χ2n) is 10.5.